The predicted octanol–water partition coefficient (Wildman–Crippen LogP) is 4.73. The molecule has 6 fully saturated rings. The number of fused-ring (bicyclic) bond motifs is 5. The van der Waals surface area contributed by atoms with Crippen molar-refractivity contribution in [3.8, 4) is 0 Å². The second-order valence-corrected chi connectivity index (χ2v) is 17.7. The van der Waals surface area contributed by atoms with Crippen LogP contribution in [-0.2, 0) is 38.0 Å². The molecule has 0 radical (unpaired) electrons. The Morgan fingerprint density at radius 2 is 1.48 bits per heavy atom. The van der Waals surface area contributed by atoms with Gasteiger partial charge in [0.2, 0.25) is 0 Å². The molecule has 7 rings (SSSR count). The Bertz CT molecular complexity index is 1510. The highest BCUT2D eigenvalue weighted by molar-refractivity contribution is 5.89. The smallest absolute Gasteiger partial charge is 0.338 e. The number of ketones is 1. The first-order valence-corrected chi connectivity index (χ1v) is 20.2. The van der Waals surface area contributed by atoms with Crippen LogP contribution in [0.15, 0.2) is 30.3 Å². The van der Waals surface area contributed by atoms with Gasteiger partial charge < -0.3 is 48.5 Å². The van der Waals surface area contributed by atoms with Crippen molar-refractivity contribution < 1.29 is 58.1 Å². The minimum absolute atomic E-state index is 0.0573. The summed E-state index contributed by atoms with van der Waals surface area (Å²) in [6.07, 6.45) is 0.762. The molecule has 12 nitrogen and oxygen atoms in total. The molecule has 6 aliphatic rings. The maximum absolute atomic E-state index is 13.6. The summed E-state index contributed by atoms with van der Waals surface area (Å²) in [6, 6.07) is 8.82. The normalized spacial score (nSPS) is 49.0. The lowest BCUT2D eigenvalue weighted by atomic mass is 9.40. The van der Waals surface area contributed by atoms with Gasteiger partial charge in [-0.05, 0) is 102 Å². The van der Waals surface area contributed by atoms with E-state index in [2.05, 4.69) is 6.92 Å². The number of carbonyl (C=O) groups excluding carboxylic acids is 2. The van der Waals surface area contributed by atoms with Crippen LogP contribution >= 0.6 is 0 Å². The molecule has 3 N–H and O–H groups in total. The minimum Gasteiger partial charge on any atom is -0.458 e. The third-order valence-electron chi connectivity index (χ3n) is 15.3. The third kappa shape index (κ3) is 6.49. The highest BCUT2D eigenvalue weighted by atomic mass is 16.7. The predicted molar refractivity (Wildman–Crippen MR) is 195 cm³/mol. The fourth-order valence-corrected chi connectivity index (χ4v) is 12.1. The largest absolute Gasteiger partial charge is 0.458 e. The Hall–Kier alpha value is -2.00. The fourth-order valence-electron chi connectivity index (χ4n) is 12.1. The summed E-state index contributed by atoms with van der Waals surface area (Å²) in [7, 11) is 3.24. The lowest BCUT2D eigenvalue weighted by Gasteiger charge is -2.68. The van der Waals surface area contributed by atoms with E-state index in [9.17, 15) is 24.9 Å². The first kappa shape index (κ1) is 40.2. The molecular weight excluding hydrogens is 696 g/mol. The van der Waals surface area contributed by atoms with E-state index in [0.29, 0.717) is 44.1 Å². The summed E-state index contributed by atoms with van der Waals surface area (Å²) in [4.78, 5) is 26.7. The summed E-state index contributed by atoms with van der Waals surface area (Å²) in [5.41, 5.74) is -4.13. The highest BCUT2D eigenvalue weighted by Gasteiger charge is 2.78. The molecule has 17 atom stereocenters. The van der Waals surface area contributed by atoms with Gasteiger partial charge >= 0.3 is 5.97 Å². The lowest BCUT2D eigenvalue weighted by Crippen LogP contribution is -2.76. The van der Waals surface area contributed by atoms with Gasteiger partial charge in [-0.3, -0.25) is 4.79 Å². The Morgan fingerprint density at radius 3 is 2.17 bits per heavy atom. The molecule has 12 heteroatoms. The topological polar surface area (TPSA) is 159 Å². The van der Waals surface area contributed by atoms with Gasteiger partial charge in [-0.2, -0.15) is 0 Å². The number of hydrogen-bond donors (Lipinski definition) is 3. The van der Waals surface area contributed by atoms with Gasteiger partial charge in [0.25, 0.3) is 0 Å². The van der Waals surface area contributed by atoms with Gasteiger partial charge in [0.05, 0.1) is 41.7 Å². The molecule has 2 saturated heterocycles. The Kier molecular flexibility index (Phi) is 11.2. The van der Waals surface area contributed by atoms with E-state index < -0.39 is 71.6 Å². The zero-order valence-corrected chi connectivity index (χ0v) is 33.0. The maximum atomic E-state index is 13.6. The molecule has 0 amide bonds. The van der Waals surface area contributed by atoms with Crippen LogP contribution in [0.25, 0.3) is 0 Å². The van der Waals surface area contributed by atoms with Crippen molar-refractivity contribution >= 4 is 11.8 Å². The third-order valence-corrected chi connectivity index (χ3v) is 15.3. The molecule has 4 aliphatic carbocycles. The molecule has 0 bridgehead atoms. The van der Waals surface area contributed by atoms with Crippen LogP contribution in [-0.4, -0.2) is 114 Å². The fraction of sp³-hybridized carbons (Fsp3) is 0.810. The SMILES string of the molecule is CO[C@@H]1C[C@H](O[C@H]2[C@H](C)O[C@@H](O[C@@H]3CC[C@]4(C)[C@@H](CC[C@@]5(O)[C@H]4C[C@H](OC(=O)c4ccccc4)[C@@]4(C)[C@@H](C(C)=O)CC[C@]45O)C3)C[C@H]2OC)O[C@@H](C)[C@H]1O. The molecule has 54 heavy (non-hydrogen) atoms. The van der Waals surface area contributed by atoms with E-state index in [1.54, 1.807) is 52.3 Å². The summed E-state index contributed by atoms with van der Waals surface area (Å²) in [5.74, 6) is -1.25. The first-order chi connectivity index (χ1) is 25.6. The molecule has 302 valence electrons. The van der Waals surface area contributed by atoms with E-state index in [1.807, 2.05) is 19.9 Å². The van der Waals surface area contributed by atoms with Gasteiger partial charge in [-0.25, -0.2) is 4.79 Å². The second-order valence-electron chi connectivity index (χ2n) is 17.7. The number of rotatable bonds is 9. The molecule has 4 saturated carbocycles. The molecular formula is C42H62O12. The van der Waals surface area contributed by atoms with Crippen LogP contribution in [0.3, 0.4) is 0 Å². The molecule has 0 unspecified atom stereocenters. The summed E-state index contributed by atoms with van der Waals surface area (Å²) < 4.78 is 43.2. The Morgan fingerprint density at radius 1 is 0.815 bits per heavy atom. The molecule has 1 aromatic rings. The number of Topliss-reactive ketones (excluding diaryl/α,β-unsaturated/α-hetero) is 1. The van der Waals surface area contributed by atoms with Crippen LogP contribution in [0.5, 0.6) is 0 Å². The van der Waals surface area contributed by atoms with Crippen LogP contribution in [0.4, 0.5) is 0 Å². The van der Waals surface area contributed by atoms with E-state index >= 15 is 0 Å². The van der Waals surface area contributed by atoms with Crippen LogP contribution in [0.1, 0.15) is 109 Å². The zero-order chi connectivity index (χ0) is 38.8. The van der Waals surface area contributed by atoms with Crippen molar-refractivity contribution in [2.24, 2.45) is 28.6 Å². The standard InChI is InChI=1S/C42H62O12/c1-23(43)29-15-18-42(47)40(29,5)33(53-38(45)26-11-9-8-10-12-26)22-32-39(4)16-14-28(19-27(39)13-17-41(32,42)46)52-34-21-31(49-7)37(25(3)51-34)54-35-20-30(48-6)36(44)24(2)50-35/h8-12,24-25,27-37,44,46-47H,13-22H2,1-7H3/t24-,25-,27-,28+,29+,30+,31+,32-,33-,34-,35-,36+,37-,39+,40+,41+,42-/m0/s1. The quantitative estimate of drug-likeness (QED) is 0.235. The number of esters is 1. The summed E-state index contributed by atoms with van der Waals surface area (Å²) in [6.45, 7) is 9.38. The second kappa shape index (κ2) is 15.1. The van der Waals surface area contributed by atoms with Crippen molar-refractivity contribution in [1.29, 1.82) is 0 Å². The molecule has 0 aromatic heterocycles. The van der Waals surface area contributed by atoms with Crippen molar-refractivity contribution in [3.05, 3.63) is 35.9 Å². The van der Waals surface area contributed by atoms with Gasteiger partial charge in [-0.15, -0.1) is 0 Å². The maximum Gasteiger partial charge on any atom is 0.338 e. The molecule has 0 spiro atoms. The number of methoxy groups -OCH3 is 2. The highest BCUT2D eigenvalue weighted by Crippen LogP contribution is 2.71. The minimum atomic E-state index is -1.60. The number of hydrogen-bond acceptors (Lipinski definition) is 12. The van der Waals surface area contributed by atoms with Crippen molar-refractivity contribution in [2.45, 2.75) is 171 Å². The molecule has 2 aliphatic heterocycles. The van der Waals surface area contributed by atoms with Gasteiger partial charge in [0.1, 0.15) is 29.7 Å². The monoisotopic (exact) mass is 758 g/mol. The van der Waals surface area contributed by atoms with Crippen LogP contribution in [0.2, 0.25) is 0 Å². The number of aliphatic hydroxyl groups excluding tert-OH is 1. The summed E-state index contributed by atoms with van der Waals surface area (Å²) >= 11 is 0. The van der Waals surface area contributed by atoms with E-state index in [-0.39, 0.29) is 47.8 Å². The number of benzene rings is 1. The van der Waals surface area contributed by atoms with Crippen molar-refractivity contribution in [1.82, 2.24) is 0 Å². The van der Waals surface area contributed by atoms with E-state index in [1.165, 1.54) is 0 Å². The molecule has 2 heterocycles. The van der Waals surface area contributed by atoms with Crippen molar-refractivity contribution in [2.75, 3.05) is 14.2 Å². The van der Waals surface area contributed by atoms with Gasteiger partial charge in [-0.1, -0.05) is 32.0 Å². The van der Waals surface area contributed by atoms with Crippen molar-refractivity contribution in [3.63, 3.8) is 0 Å². The summed E-state index contributed by atoms with van der Waals surface area (Å²) in [5, 5.41) is 36.1. The van der Waals surface area contributed by atoms with E-state index in [4.69, 9.17) is 33.2 Å². The number of ether oxygens (including phenoxy) is 7. The van der Waals surface area contributed by atoms with E-state index in [0.717, 1.165) is 19.3 Å². The first-order valence-electron chi connectivity index (χ1n) is 20.2. The zero-order valence-electron chi connectivity index (χ0n) is 33.0. The number of aliphatic hydroxyl groups is 3. The van der Waals surface area contributed by atoms with Gasteiger partial charge in [0.15, 0.2) is 12.6 Å². The average Bonchev–Trinajstić information content (AvgIpc) is 3.44. The van der Waals surface area contributed by atoms with Gasteiger partial charge in [0, 0.05) is 38.4 Å². The average molecular weight is 759 g/mol. The molecule has 1 aromatic carbocycles. The Balaban J connectivity index is 1.05. The number of carbonyl (C=O) groups is 2. The lowest BCUT2D eigenvalue weighted by molar-refractivity contribution is -0.329. The Labute approximate surface area is 319 Å². The van der Waals surface area contributed by atoms with Crippen LogP contribution in [0, 0.1) is 28.6 Å². The van der Waals surface area contributed by atoms with Crippen LogP contribution < -0.4 is 0 Å².